The fraction of sp³-hybridized carbons (Fsp3) is 0.294. The van der Waals surface area contributed by atoms with Crippen molar-refractivity contribution in [3.05, 3.63) is 58.9 Å². The van der Waals surface area contributed by atoms with Crippen LogP contribution in [0.2, 0.25) is 0 Å². The quantitative estimate of drug-likeness (QED) is 0.868. The van der Waals surface area contributed by atoms with E-state index in [9.17, 15) is 4.39 Å². The maximum atomic E-state index is 13.2. The lowest BCUT2D eigenvalue weighted by molar-refractivity contribution is 0.340. The first-order valence-corrected chi connectivity index (χ1v) is 6.82. The van der Waals surface area contributed by atoms with Crippen LogP contribution in [0, 0.1) is 19.7 Å². The van der Waals surface area contributed by atoms with Crippen molar-refractivity contribution in [1.82, 2.24) is 0 Å². The summed E-state index contributed by atoms with van der Waals surface area (Å²) in [6, 6.07) is 10.9. The summed E-state index contributed by atoms with van der Waals surface area (Å²) in [6.45, 7) is 7.29. The Balaban J connectivity index is 2.11. The van der Waals surface area contributed by atoms with E-state index in [0.29, 0.717) is 18.9 Å². The first-order valence-electron chi connectivity index (χ1n) is 6.82. The summed E-state index contributed by atoms with van der Waals surface area (Å²) < 4.78 is 18.7. The smallest absolute Gasteiger partial charge is 0.145 e. The van der Waals surface area contributed by atoms with E-state index in [1.807, 2.05) is 6.92 Å². The van der Waals surface area contributed by atoms with Gasteiger partial charge in [-0.25, -0.2) is 4.39 Å². The zero-order valence-corrected chi connectivity index (χ0v) is 12.2. The third-order valence-corrected chi connectivity index (χ3v) is 3.30. The summed E-state index contributed by atoms with van der Waals surface area (Å²) >= 11 is 0. The van der Waals surface area contributed by atoms with Crippen molar-refractivity contribution in [3.63, 3.8) is 0 Å². The minimum absolute atomic E-state index is 0.287. The molecule has 2 rings (SSSR count). The van der Waals surface area contributed by atoms with Gasteiger partial charge in [0.25, 0.3) is 0 Å². The molecule has 0 aliphatic heterocycles. The van der Waals surface area contributed by atoms with Gasteiger partial charge in [0.2, 0.25) is 0 Å². The van der Waals surface area contributed by atoms with Crippen LogP contribution in [0.1, 0.15) is 23.6 Å². The zero-order valence-electron chi connectivity index (χ0n) is 12.2. The third kappa shape index (κ3) is 3.50. The van der Waals surface area contributed by atoms with E-state index in [-0.39, 0.29) is 5.82 Å². The highest BCUT2D eigenvalue weighted by molar-refractivity contribution is 5.56. The minimum Gasteiger partial charge on any atom is -0.492 e. The van der Waals surface area contributed by atoms with E-state index < -0.39 is 0 Å². The summed E-state index contributed by atoms with van der Waals surface area (Å²) in [7, 11) is 0. The molecule has 0 aliphatic rings. The molecule has 1 N–H and O–H groups in total. The van der Waals surface area contributed by atoms with E-state index in [0.717, 1.165) is 5.69 Å². The first kappa shape index (κ1) is 14.4. The molecule has 0 saturated heterocycles. The van der Waals surface area contributed by atoms with Gasteiger partial charge in [0.15, 0.2) is 0 Å². The van der Waals surface area contributed by atoms with Crippen molar-refractivity contribution in [3.8, 4) is 5.75 Å². The van der Waals surface area contributed by atoms with Crippen LogP contribution >= 0.6 is 0 Å². The highest BCUT2D eigenvalue weighted by Gasteiger charge is 2.05. The molecular weight excluding hydrogens is 253 g/mol. The molecule has 0 bridgehead atoms. The number of rotatable bonds is 5. The molecule has 0 atom stereocenters. The fourth-order valence-corrected chi connectivity index (χ4v) is 2.03. The van der Waals surface area contributed by atoms with E-state index in [1.54, 1.807) is 6.07 Å². The second-order valence-corrected chi connectivity index (χ2v) is 4.85. The third-order valence-electron chi connectivity index (χ3n) is 3.30. The number of aryl methyl sites for hydroxylation is 2. The number of anilines is 1. The molecule has 2 aromatic rings. The van der Waals surface area contributed by atoms with Gasteiger partial charge < -0.3 is 10.1 Å². The second-order valence-electron chi connectivity index (χ2n) is 4.85. The molecule has 0 aromatic heterocycles. The average molecular weight is 273 g/mol. The Morgan fingerprint density at radius 3 is 2.55 bits per heavy atom. The Bertz CT molecular complexity index is 596. The largest absolute Gasteiger partial charge is 0.492 e. The first-order chi connectivity index (χ1) is 9.60. The maximum Gasteiger partial charge on any atom is 0.145 e. The fourth-order valence-electron chi connectivity index (χ4n) is 2.03. The second kappa shape index (κ2) is 6.42. The topological polar surface area (TPSA) is 21.3 Å². The molecule has 0 aliphatic carbocycles. The molecule has 0 heterocycles. The van der Waals surface area contributed by atoms with E-state index in [4.69, 9.17) is 4.74 Å². The lowest BCUT2D eigenvalue weighted by Gasteiger charge is -2.13. The van der Waals surface area contributed by atoms with Gasteiger partial charge in [0.1, 0.15) is 11.6 Å². The van der Waals surface area contributed by atoms with Gasteiger partial charge >= 0.3 is 0 Å². The van der Waals surface area contributed by atoms with Crippen LogP contribution in [0.3, 0.4) is 0 Å². The Morgan fingerprint density at radius 1 is 1.05 bits per heavy atom. The van der Waals surface area contributed by atoms with Crippen molar-refractivity contribution in [2.45, 2.75) is 27.3 Å². The number of benzene rings is 2. The molecule has 2 nitrogen and oxygen atoms in total. The normalized spacial score (nSPS) is 10.4. The molecule has 0 fully saturated rings. The predicted octanol–water partition coefficient (Wildman–Crippen LogP) is 4.45. The molecule has 0 spiro atoms. The van der Waals surface area contributed by atoms with E-state index in [2.05, 4.69) is 37.4 Å². The number of hydrogen-bond acceptors (Lipinski definition) is 2. The highest BCUT2D eigenvalue weighted by Crippen LogP contribution is 2.26. The van der Waals surface area contributed by atoms with Gasteiger partial charge in [0.05, 0.1) is 12.3 Å². The van der Waals surface area contributed by atoms with Crippen LogP contribution in [0.4, 0.5) is 10.1 Å². The molecular formula is C17H20FNO. The van der Waals surface area contributed by atoms with E-state index >= 15 is 0 Å². The van der Waals surface area contributed by atoms with Gasteiger partial charge in [-0.15, -0.1) is 0 Å². The van der Waals surface area contributed by atoms with Crippen LogP contribution < -0.4 is 10.1 Å². The van der Waals surface area contributed by atoms with Crippen LogP contribution in [-0.2, 0) is 6.54 Å². The molecule has 106 valence electrons. The van der Waals surface area contributed by atoms with Crippen LogP contribution in [-0.4, -0.2) is 6.61 Å². The average Bonchev–Trinajstić information content (AvgIpc) is 2.42. The lowest BCUT2D eigenvalue weighted by Crippen LogP contribution is -2.03. The predicted molar refractivity (Wildman–Crippen MR) is 80.8 cm³/mol. The lowest BCUT2D eigenvalue weighted by atomic mass is 10.1. The van der Waals surface area contributed by atoms with Gasteiger partial charge in [0, 0.05) is 12.6 Å². The molecule has 0 radical (unpaired) electrons. The van der Waals surface area contributed by atoms with Crippen molar-refractivity contribution in [2.75, 3.05) is 11.9 Å². The minimum atomic E-state index is -0.287. The Labute approximate surface area is 119 Å². The maximum absolute atomic E-state index is 13.2. The van der Waals surface area contributed by atoms with Gasteiger partial charge in [-0.2, -0.15) is 0 Å². The molecule has 3 heteroatoms. The molecule has 0 saturated carbocycles. The van der Waals surface area contributed by atoms with Crippen molar-refractivity contribution in [2.24, 2.45) is 0 Å². The molecule has 20 heavy (non-hydrogen) atoms. The summed E-state index contributed by atoms with van der Waals surface area (Å²) in [5, 5.41) is 3.30. The summed E-state index contributed by atoms with van der Waals surface area (Å²) in [4.78, 5) is 0. The van der Waals surface area contributed by atoms with Crippen LogP contribution in [0.15, 0.2) is 36.4 Å². The highest BCUT2D eigenvalue weighted by atomic mass is 19.1. The molecule has 2 aromatic carbocycles. The van der Waals surface area contributed by atoms with Crippen molar-refractivity contribution in [1.29, 1.82) is 0 Å². The van der Waals surface area contributed by atoms with Crippen LogP contribution in [0.25, 0.3) is 0 Å². The number of hydrogen-bond donors (Lipinski definition) is 1. The van der Waals surface area contributed by atoms with Crippen LogP contribution in [0.5, 0.6) is 5.75 Å². The summed E-state index contributed by atoms with van der Waals surface area (Å²) in [6.07, 6.45) is 0. The van der Waals surface area contributed by atoms with Crippen molar-refractivity contribution < 1.29 is 9.13 Å². The number of halogens is 1. The van der Waals surface area contributed by atoms with E-state index in [1.165, 1.54) is 28.8 Å². The monoisotopic (exact) mass is 273 g/mol. The van der Waals surface area contributed by atoms with Gasteiger partial charge in [-0.1, -0.05) is 18.2 Å². The SMILES string of the molecule is CCOc1cc(F)ccc1NCc1ccc(C)c(C)c1. The Kier molecular flexibility index (Phi) is 4.61. The Hall–Kier alpha value is -2.03. The standard InChI is InChI=1S/C17H20FNO/c1-4-20-17-10-15(18)7-8-16(17)19-11-14-6-5-12(2)13(3)9-14/h5-10,19H,4,11H2,1-3H3. The number of nitrogens with one attached hydrogen (secondary N) is 1. The summed E-state index contributed by atoms with van der Waals surface area (Å²) in [5.74, 6) is 0.265. The van der Waals surface area contributed by atoms with Crippen molar-refractivity contribution >= 4 is 5.69 Å². The Morgan fingerprint density at radius 2 is 1.85 bits per heavy atom. The molecule has 0 amide bonds. The van der Waals surface area contributed by atoms with Gasteiger partial charge in [-0.05, 0) is 49.6 Å². The zero-order chi connectivity index (χ0) is 14.5. The van der Waals surface area contributed by atoms with Gasteiger partial charge in [-0.3, -0.25) is 0 Å². The number of ether oxygens (including phenoxy) is 1. The molecule has 0 unspecified atom stereocenters. The summed E-state index contributed by atoms with van der Waals surface area (Å²) in [5.41, 5.74) is 4.56.